The molecule has 0 aromatic heterocycles. The van der Waals surface area contributed by atoms with Crippen molar-refractivity contribution < 1.29 is 9.59 Å². The summed E-state index contributed by atoms with van der Waals surface area (Å²) in [5.41, 5.74) is 6.82. The lowest BCUT2D eigenvalue weighted by Gasteiger charge is -2.32. The van der Waals surface area contributed by atoms with Gasteiger partial charge in [-0.05, 0) is 36.4 Å². The van der Waals surface area contributed by atoms with Gasteiger partial charge < -0.3 is 0 Å². The fourth-order valence-corrected chi connectivity index (χ4v) is 4.86. The first kappa shape index (κ1) is 21.9. The van der Waals surface area contributed by atoms with Crippen molar-refractivity contribution in [1.29, 1.82) is 0 Å². The van der Waals surface area contributed by atoms with E-state index in [9.17, 15) is 9.59 Å². The second-order valence-corrected chi connectivity index (χ2v) is 9.20. The number of thioether (sulfide) groups is 1. The van der Waals surface area contributed by atoms with Crippen LogP contribution < -0.4 is 15.8 Å². The van der Waals surface area contributed by atoms with E-state index in [2.05, 4.69) is 15.8 Å². The van der Waals surface area contributed by atoms with Crippen LogP contribution in [0.2, 0.25) is 20.1 Å². The lowest BCUT2D eigenvalue weighted by Crippen LogP contribution is -2.49. The van der Waals surface area contributed by atoms with E-state index < -0.39 is 6.17 Å². The highest BCUT2D eigenvalue weighted by molar-refractivity contribution is 8.14. The molecule has 11 heteroatoms. The Labute approximate surface area is 196 Å². The molecule has 0 aliphatic carbocycles. The van der Waals surface area contributed by atoms with Crippen LogP contribution in [0, 0.1) is 5.92 Å². The third kappa shape index (κ3) is 4.34. The monoisotopic (exact) mass is 502 g/mol. The number of hydrogen-bond donors (Lipinski definition) is 2. The molecule has 30 heavy (non-hydrogen) atoms. The second kappa shape index (κ2) is 9.04. The zero-order valence-corrected chi connectivity index (χ0v) is 19.0. The van der Waals surface area contributed by atoms with Crippen molar-refractivity contribution in [2.24, 2.45) is 10.9 Å². The number of hydrazine groups is 1. The van der Waals surface area contributed by atoms with Crippen molar-refractivity contribution in [3.05, 3.63) is 62.1 Å². The van der Waals surface area contributed by atoms with Crippen molar-refractivity contribution in [3.8, 4) is 0 Å². The van der Waals surface area contributed by atoms with Crippen LogP contribution in [-0.4, -0.2) is 35.3 Å². The summed E-state index contributed by atoms with van der Waals surface area (Å²) >= 11 is 25.4. The number of ketones is 1. The lowest BCUT2D eigenvalue weighted by atomic mass is 10.0. The number of carbonyl (C=O) groups is 2. The zero-order chi connectivity index (χ0) is 21.4. The zero-order valence-electron chi connectivity index (χ0n) is 15.2. The Kier molecular flexibility index (Phi) is 6.60. The Morgan fingerprint density at radius 2 is 1.90 bits per heavy atom. The maximum atomic E-state index is 13.2. The minimum absolute atomic E-state index is 0.0522. The maximum absolute atomic E-state index is 13.2. The third-order valence-electron chi connectivity index (χ3n) is 4.66. The Hall–Kier alpha value is -1.32. The number of hydrogen-bond acceptors (Lipinski definition) is 6. The van der Waals surface area contributed by atoms with Gasteiger partial charge in [0, 0.05) is 17.1 Å². The van der Waals surface area contributed by atoms with Gasteiger partial charge in [0.25, 0.3) is 0 Å². The molecule has 0 radical (unpaired) electrons. The quantitative estimate of drug-likeness (QED) is 0.593. The highest BCUT2D eigenvalue weighted by Crippen LogP contribution is 2.35. The number of anilines is 1. The van der Waals surface area contributed by atoms with E-state index in [1.54, 1.807) is 30.3 Å². The second-order valence-electron chi connectivity index (χ2n) is 6.60. The number of fused-ring (bicyclic) bond motifs is 1. The molecule has 0 bridgehead atoms. The molecule has 4 rings (SSSR count). The van der Waals surface area contributed by atoms with Crippen molar-refractivity contribution in [2.45, 2.75) is 6.17 Å². The summed E-state index contributed by atoms with van der Waals surface area (Å²) in [6.07, 6.45) is -0.414. The normalized spacial score (nSPS) is 20.9. The number of rotatable bonds is 4. The van der Waals surface area contributed by atoms with Gasteiger partial charge in [-0.25, -0.2) is 10.4 Å². The number of halogens is 4. The Balaban J connectivity index is 1.61. The predicted octanol–water partition coefficient (Wildman–Crippen LogP) is 4.67. The SMILES string of the molecule is O=C(CSC1=NC2NNCC2C(=O)N1c1ccc(Cl)cc1Cl)c1ccc(Cl)c(Cl)c1. The molecule has 2 heterocycles. The summed E-state index contributed by atoms with van der Waals surface area (Å²) in [4.78, 5) is 31.9. The molecule has 0 spiro atoms. The van der Waals surface area contributed by atoms with Gasteiger partial charge in [-0.3, -0.25) is 19.9 Å². The number of nitrogens with zero attached hydrogens (tertiary/aromatic N) is 2. The summed E-state index contributed by atoms with van der Waals surface area (Å²) in [6, 6.07) is 9.57. The molecule has 156 valence electrons. The van der Waals surface area contributed by atoms with Crippen molar-refractivity contribution in [2.75, 3.05) is 17.2 Å². The number of nitrogens with one attached hydrogen (secondary N) is 2. The Bertz CT molecular complexity index is 1060. The van der Waals surface area contributed by atoms with E-state index in [0.717, 1.165) is 11.8 Å². The summed E-state index contributed by atoms with van der Waals surface area (Å²) < 4.78 is 0. The molecule has 2 aromatic carbocycles. The Morgan fingerprint density at radius 1 is 1.10 bits per heavy atom. The molecular formula is C19H14Cl4N4O2S. The largest absolute Gasteiger partial charge is 0.293 e. The van der Waals surface area contributed by atoms with Gasteiger partial charge in [0.15, 0.2) is 11.0 Å². The maximum Gasteiger partial charge on any atom is 0.241 e. The van der Waals surface area contributed by atoms with Crippen LogP contribution in [0.3, 0.4) is 0 Å². The highest BCUT2D eigenvalue weighted by Gasteiger charge is 2.42. The van der Waals surface area contributed by atoms with Gasteiger partial charge in [0.2, 0.25) is 5.91 Å². The van der Waals surface area contributed by atoms with E-state index in [0.29, 0.717) is 43.1 Å². The molecule has 2 N–H and O–H groups in total. The highest BCUT2D eigenvalue weighted by atomic mass is 35.5. The minimum atomic E-state index is -0.414. The van der Waals surface area contributed by atoms with E-state index in [4.69, 9.17) is 46.4 Å². The van der Waals surface area contributed by atoms with Gasteiger partial charge >= 0.3 is 0 Å². The Morgan fingerprint density at radius 3 is 2.63 bits per heavy atom. The first-order chi connectivity index (χ1) is 14.3. The number of amidine groups is 1. The van der Waals surface area contributed by atoms with Crippen LogP contribution in [0.1, 0.15) is 10.4 Å². The van der Waals surface area contributed by atoms with Gasteiger partial charge in [0.1, 0.15) is 6.17 Å². The van der Waals surface area contributed by atoms with Crippen LogP contribution in [0.25, 0.3) is 0 Å². The van der Waals surface area contributed by atoms with Crippen LogP contribution in [-0.2, 0) is 4.79 Å². The average molecular weight is 504 g/mol. The average Bonchev–Trinajstić information content (AvgIpc) is 3.18. The standard InChI is InChI=1S/C19H14Cl4N4O2S/c20-10-2-4-15(14(23)6-10)27-18(29)11-7-24-26-17(11)25-19(27)30-8-16(28)9-1-3-12(21)13(22)5-9/h1-6,11,17,24,26H,7-8H2. The van der Waals surface area contributed by atoms with Crippen molar-refractivity contribution in [3.63, 3.8) is 0 Å². The number of aliphatic imine (C=N–C) groups is 1. The van der Waals surface area contributed by atoms with Crippen molar-refractivity contribution >= 4 is 80.7 Å². The third-order valence-corrected chi connectivity index (χ3v) is 6.89. The lowest BCUT2D eigenvalue weighted by molar-refractivity contribution is -0.121. The van der Waals surface area contributed by atoms with E-state index in [1.165, 1.54) is 11.0 Å². The van der Waals surface area contributed by atoms with Gasteiger partial charge in [-0.1, -0.05) is 58.2 Å². The number of amides is 1. The molecule has 1 fully saturated rings. The van der Waals surface area contributed by atoms with Gasteiger partial charge in [-0.2, -0.15) is 0 Å². The summed E-state index contributed by atoms with van der Waals surface area (Å²) in [5, 5.41) is 1.82. The van der Waals surface area contributed by atoms with E-state index in [1.807, 2.05) is 0 Å². The van der Waals surface area contributed by atoms with Crippen molar-refractivity contribution in [1.82, 2.24) is 10.9 Å². The molecule has 1 saturated heterocycles. The number of benzene rings is 2. The predicted molar refractivity (Wildman–Crippen MR) is 123 cm³/mol. The molecule has 6 nitrogen and oxygen atoms in total. The molecular weight excluding hydrogens is 490 g/mol. The first-order valence-corrected chi connectivity index (χ1v) is 11.3. The van der Waals surface area contributed by atoms with E-state index in [-0.39, 0.29) is 23.4 Å². The number of carbonyl (C=O) groups excluding carboxylic acids is 2. The fraction of sp³-hybridized carbons (Fsp3) is 0.211. The summed E-state index contributed by atoms with van der Waals surface area (Å²) in [6.45, 7) is 0.439. The molecule has 1 amide bonds. The number of Topliss-reactive ketones (excluding diaryl/α,β-unsaturated/α-hetero) is 1. The van der Waals surface area contributed by atoms with Gasteiger partial charge in [0.05, 0.1) is 32.4 Å². The van der Waals surface area contributed by atoms with Crippen LogP contribution in [0.15, 0.2) is 41.4 Å². The summed E-state index contributed by atoms with van der Waals surface area (Å²) in [7, 11) is 0. The fourth-order valence-electron chi connectivity index (χ4n) is 3.14. The van der Waals surface area contributed by atoms with Crippen LogP contribution in [0.4, 0.5) is 5.69 Å². The molecule has 0 saturated carbocycles. The van der Waals surface area contributed by atoms with Crippen LogP contribution in [0.5, 0.6) is 0 Å². The summed E-state index contributed by atoms with van der Waals surface area (Å²) in [5.74, 6) is -0.667. The molecule has 2 atom stereocenters. The molecule has 2 aliphatic heterocycles. The molecule has 2 unspecified atom stereocenters. The van der Waals surface area contributed by atoms with Gasteiger partial charge in [-0.15, -0.1) is 0 Å². The van der Waals surface area contributed by atoms with E-state index >= 15 is 0 Å². The smallest absolute Gasteiger partial charge is 0.241 e. The molecule has 2 aromatic rings. The first-order valence-electron chi connectivity index (χ1n) is 8.81. The molecule has 2 aliphatic rings. The minimum Gasteiger partial charge on any atom is -0.293 e. The topological polar surface area (TPSA) is 73.8 Å². The van der Waals surface area contributed by atoms with Crippen LogP contribution >= 0.6 is 58.2 Å².